The van der Waals surface area contributed by atoms with E-state index in [2.05, 4.69) is 5.32 Å². The van der Waals surface area contributed by atoms with E-state index in [1.807, 2.05) is 43.3 Å². The van der Waals surface area contributed by atoms with Gasteiger partial charge < -0.3 is 10.4 Å². The van der Waals surface area contributed by atoms with Crippen molar-refractivity contribution in [3.05, 3.63) is 69.8 Å². The number of aliphatic hydroxyl groups is 1. The van der Waals surface area contributed by atoms with Crippen molar-refractivity contribution in [2.75, 3.05) is 11.9 Å². The average molecular weight is 300 g/mol. The maximum atomic E-state index is 11.1. The van der Waals surface area contributed by atoms with Gasteiger partial charge in [0.1, 0.15) is 5.69 Å². The summed E-state index contributed by atoms with van der Waals surface area (Å²) >= 11 is 0. The normalized spacial score (nSPS) is 13.4. The van der Waals surface area contributed by atoms with Crippen molar-refractivity contribution in [2.24, 2.45) is 0 Å². The van der Waals surface area contributed by atoms with E-state index in [0.29, 0.717) is 18.7 Å². The summed E-state index contributed by atoms with van der Waals surface area (Å²) in [5, 5.41) is 24.6. The van der Waals surface area contributed by atoms with Crippen LogP contribution in [0.5, 0.6) is 0 Å². The molecule has 0 spiro atoms. The fourth-order valence-electron chi connectivity index (χ4n) is 2.32. The van der Waals surface area contributed by atoms with Gasteiger partial charge in [-0.15, -0.1) is 0 Å². The molecule has 0 bridgehead atoms. The molecule has 2 aromatic carbocycles. The molecule has 0 amide bonds. The summed E-state index contributed by atoms with van der Waals surface area (Å²) in [5.41, 5.74) is 1.22. The number of hydrogen-bond donors (Lipinski definition) is 2. The Labute approximate surface area is 129 Å². The lowest BCUT2D eigenvalue weighted by Crippen LogP contribution is -2.24. The van der Waals surface area contributed by atoms with Gasteiger partial charge in [0.25, 0.3) is 5.69 Å². The van der Waals surface area contributed by atoms with Crippen molar-refractivity contribution in [1.29, 1.82) is 0 Å². The SMILES string of the molecule is Cc1ccc(NCCC(C)(O)c2ccccc2)c([N+](=O)[O-])c1. The zero-order valence-electron chi connectivity index (χ0n) is 12.7. The van der Waals surface area contributed by atoms with Crippen molar-refractivity contribution in [1.82, 2.24) is 0 Å². The zero-order chi connectivity index (χ0) is 16.2. The Bertz CT molecular complexity index is 654. The van der Waals surface area contributed by atoms with Gasteiger partial charge in [-0.1, -0.05) is 36.4 Å². The molecule has 2 aromatic rings. The Morgan fingerprint density at radius 3 is 2.55 bits per heavy atom. The Kier molecular flexibility index (Phi) is 4.78. The average Bonchev–Trinajstić information content (AvgIpc) is 2.49. The molecule has 0 aliphatic heterocycles. The third-order valence-electron chi connectivity index (χ3n) is 3.67. The Hall–Kier alpha value is -2.40. The van der Waals surface area contributed by atoms with Crippen LogP contribution in [0.3, 0.4) is 0 Å². The summed E-state index contributed by atoms with van der Waals surface area (Å²) < 4.78 is 0. The van der Waals surface area contributed by atoms with Crippen LogP contribution in [0.1, 0.15) is 24.5 Å². The van der Waals surface area contributed by atoms with Crippen molar-refractivity contribution in [2.45, 2.75) is 25.9 Å². The topological polar surface area (TPSA) is 75.4 Å². The predicted octanol–water partition coefficient (Wildman–Crippen LogP) is 3.61. The van der Waals surface area contributed by atoms with E-state index < -0.39 is 10.5 Å². The molecular formula is C17H20N2O3. The molecule has 0 aliphatic carbocycles. The molecule has 5 heteroatoms. The number of nitro benzene ring substituents is 1. The third kappa shape index (κ3) is 3.83. The lowest BCUT2D eigenvalue weighted by Gasteiger charge is -2.24. The van der Waals surface area contributed by atoms with Crippen LogP contribution in [0.4, 0.5) is 11.4 Å². The Morgan fingerprint density at radius 1 is 1.23 bits per heavy atom. The van der Waals surface area contributed by atoms with Crippen molar-refractivity contribution in [3.63, 3.8) is 0 Å². The van der Waals surface area contributed by atoms with Crippen LogP contribution in [0.15, 0.2) is 48.5 Å². The zero-order valence-corrected chi connectivity index (χ0v) is 12.7. The minimum absolute atomic E-state index is 0.0550. The van der Waals surface area contributed by atoms with E-state index in [4.69, 9.17) is 0 Å². The lowest BCUT2D eigenvalue weighted by molar-refractivity contribution is -0.384. The highest BCUT2D eigenvalue weighted by Gasteiger charge is 2.22. The third-order valence-corrected chi connectivity index (χ3v) is 3.67. The molecule has 0 saturated heterocycles. The molecular weight excluding hydrogens is 280 g/mol. The Balaban J connectivity index is 2.04. The second-order valence-electron chi connectivity index (χ2n) is 5.59. The summed E-state index contributed by atoms with van der Waals surface area (Å²) in [6, 6.07) is 14.5. The van der Waals surface area contributed by atoms with Gasteiger partial charge in [-0.05, 0) is 37.5 Å². The van der Waals surface area contributed by atoms with Crippen molar-refractivity contribution in [3.8, 4) is 0 Å². The number of hydrogen-bond acceptors (Lipinski definition) is 4. The van der Waals surface area contributed by atoms with Crippen LogP contribution in [0, 0.1) is 17.0 Å². The molecule has 5 nitrogen and oxygen atoms in total. The second-order valence-corrected chi connectivity index (χ2v) is 5.59. The maximum absolute atomic E-state index is 11.1. The molecule has 1 unspecified atom stereocenters. The molecule has 2 N–H and O–H groups in total. The van der Waals surface area contributed by atoms with Gasteiger partial charge >= 0.3 is 0 Å². The van der Waals surface area contributed by atoms with Gasteiger partial charge in [-0.3, -0.25) is 10.1 Å². The number of nitro groups is 1. The van der Waals surface area contributed by atoms with Gasteiger partial charge in [0.15, 0.2) is 0 Å². The molecule has 22 heavy (non-hydrogen) atoms. The number of rotatable bonds is 6. The quantitative estimate of drug-likeness (QED) is 0.631. The molecule has 1 atom stereocenters. The van der Waals surface area contributed by atoms with Gasteiger partial charge in [0.2, 0.25) is 0 Å². The second kappa shape index (κ2) is 6.58. The fraction of sp³-hybridized carbons (Fsp3) is 0.294. The van der Waals surface area contributed by atoms with E-state index in [-0.39, 0.29) is 5.69 Å². The lowest BCUT2D eigenvalue weighted by atomic mass is 9.92. The predicted molar refractivity (Wildman–Crippen MR) is 87.0 cm³/mol. The summed E-state index contributed by atoms with van der Waals surface area (Å²) in [6.07, 6.45) is 0.446. The van der Waals surface area contributed by atoms with Crippen molar-refractivity contribution >= 4 is 11.4 Å². The van der Waals surface area contributed by atoms with Crippen LogP contribution >= 0.6 is 0 Å². The summed E-state index contributed by atoms with van der Waals surface area (Å²) in [7, 11) is 0. The van der Waals surface area contributed by atoms with Crippen LogP contribution in [-0.2, 0) is 5.60 Å². The smallest absolute Gasteiger partial charge is 0.292 e. The monoisotopic (exact) mass is 300 g/mol. The highest BCUT2D eigenvalue weighted by molar-refractivity contribution is 5.62. The molecule has 0 fully saturated rings. The molecule has 0 saturated carbocycles. The highest BCUT2D eigenvalue weighted by Crippen LogP contribution is 2.27. The molecule has 0 heterocycles. The molecule has 2 rings (SSSR count). The van der Waals surface area contributed by atoms with Crippen LogP contribution < -0.4 is 5.32 Å². The molecule has 0 aromatic heterocycles. The van der Waals surface area contributed by atoms with Crippen LogP contribution in [0.2, 0.25) is 0 Å². The first-order valence-corrected chi connectivity index (χ1v) is 7.17. The minimum atomic E-state index is -0.978. The van der Waals surface area contributed by atoms with Gasteiger partial charge in [-0.25, -0.2) is 0 Å². The molecule has 116 valence electrons. The van der Waals surface area contributed by atoms with Gasteiger partial charge in [-0.2, -0.15) is 0 Å². The summed E-state index contributed by atoms with van der Waals surface area (Å²) in [4.78, 5) is 10.7. The number of nitrogens with one attached hydrogen (secondary N) is 1. The fourth-order valence-corrected chi connectivity index (χ4v) is 2.32. The summed E-state index contributed by atoms with van der Waals surface area (Å²) in [6.45, 7) is 4.00. The highest BCUT2D eigenvalue weighted by atomic mass is 16.6. The number of aryl methyl sites for hydroxylation is 1. The summed E-state index contributed by atoms with van der Waals surface area (Å²) in [5.74, 6) is 0. The maximum Gasteiger partial charge on any atom is 0.292 e. The number of anilines is 1. The first kappa shape index (κ1) is 16.0. The van der Waals surface area contributed by atoms with E-state index in [1.54, 1.807) is 13.0 Å². The minimum Gasteiger partial charge on any atom is -0.385 e. The van der Waals surface area contributed by atoms with E-state index in [9.17, 15) is 15.2 Å². The number of nitrogens with zero attached hydrogens (tertiary/aromatic N) is 1. The largest absolute Gasteiger partial charge is 0.385 e. The first-order chi connectivity index (χ1) is 10.4. The Morgan fingerprint density at radius 2 is 1.91 bits per heavy atom. The molecule has 0 radical (unpaired) electrons. The standard InChI is InChI=1S/C17H20N2O3/c1-13-8-9-15(16(12-13)19(21)22)18-11-10-17(2,20)14-6-4-3-5-7-14/h3-9,12,18,20H,10-11H2,1-2H3. The van der Waals surface area contributed by atoms with Crippen molar-refractivity contribution < 1.29 is 10.0 Å². The van der Waals surface area contributed by atoms with E-state index >= 15 is 0 Å². The van der Waals surface area contributed by atoms with Crippen LogP contribution in [-0.4, -0.2) is 16.6 Å². The van der Waals surface area contributed by atoms with E-state index in [0.717, 1.165) is 11.1 Å². The van der Waals surface area contributed by atoms with Crippen LogP contribution in [0.25, 0.3) is 0 Å². The van der Waals surface area contributed by atoms with Gasteiger partial charge in [0, 0.05) is 12.6 Å². The first-order valence-electron chi connectivity index (χ1n) is 7.17. The van der Waals surface area contributed by atoms with E-state index in [1.165, 1.54) is 6.07 Å². The molecule has 0 aliphatic rings. The number of benzene rings is 2. The van der Waals surface area contributed by atoms with Gasteiger partial charge in [0.05, 0.1) is 10.5 Å².